The SMILES string of the molecule is Cc1c(C)[n+]([O-])c([C@H](C2CCCCC2)C2C(=O)NC(=O)NC2=O)n1CCO. The molecule has 3 rings (SSSR count). The maximum Gasteiger partial charge on any atom is 0.328 e. The minimum Gasteiger partial charge on any atom is -0.711 e. The molecule has 9 heteroatoms. The third-order valence-corrected chi connectivity index (χ3v) is 5.89. The zero-order valence-electron chi connectivity index (χ0n) is 15.7. The Balaban J connectivity index is 2.14. The first-order chi connectivity index (χ1) is 12.9. The Hall–Kier alpha value is -2.42. The molecule has 1 atom stereocenters. The molecule has 1 aromatic rings. The summed E-state index contributed by atoms with van der Waals surface area (Å²) < 4.78 is 2.49. The van der Waals surface area contributed by atoms with E-state index in [0.29, 0.717) is 17.2 Å². The number of carbonyl (C=O) groups excluding carboxylic acids is 3. The van der Waals surface area contributed by atoms with E-state index in [1.807, 2.05) is 0 Å². The number of nitrogens with one attached hydrogen (secondary N) is 2. The number of nitrogens with zero attached hydrogens (tertiary/aromatic N) is 2. The predicted octanol–water partition coefficient (Wildman–Crippen LogP) is 0.377. The third kappa shape index (κ3) is 3.43. The summed E-state index contributed by atoms with van der Waals surface area (Å²) in [5.41, 5.74) is 1.18. The maximum absolute atomic E-state index is 13.0. The Morgan fingerprint density at radius 2 is 1.74 bits per heavy atom. The van der Waals surface area contributed by atoms with Crippen molar-refractivity contribution in [2.45, 2.75) is 58.4 Å². The van der Waals surface area contributed by atoms with Gasteiger partial charge in [-0.05, 0) is 18.8 Å². The summed E-state index contributed by atoms with van der Waals surface area (Å²) >= 11 is 0. The summed E-state index contributed by atoms with van der Waals surface area (Å²) in [7, 11) is 0. The van der Waals surface area contributed by atoms with Gasteiger partial charge in [-0.15, -0.1) is 0 Å². The van der Waals surface area contributed by atoms with E-state index >= 15 is 0 Å². The van der Waals surface area contributed by atoms with Crippen molar-refractivity contribution >= 4 is 17.8 Å². The first-order valence-corrected chi connectivity index (χ1v) is 9.42. The van der Waals surface area contributed by atoms with Crippen LogP contribution >= 0.6 is 0 Å². The molecule has 1 saturated carbocycles. The second-order valence-corrected chi connectivity index (χ2v) is 7.41. The fourth-order valence-electron chi connectivity index (χ4n) is 4.47. The minimum atomic E-state index is -1.16. The Bertz CT molecular complexity index is 746. The first-order valence-electron chi connectivity index (χ1n) is 9.42. The van der Waals surface area contributed by atoms with Crippen LogP contribution in [0.4, 0.5) is 4.79 Å². The van der Waals surface area contributed by atoms with Crippen molar-refractivity contribution in [3.63, 3.8) is 0 Å². The molecule has 2 aliphatic rings. The van der Waals surface area contributed by atoms with E-state index in [1.54, 1.807) is 18.4 Å². The predicted molar refractivity (Wildman–Crippen MR) is 94.4 cm³/mol. The van der Waals surface area contributed by atoms with Crippen molar-refractivity contribution in [1.29, 1.82) is 0 Å². The number of hydrogen-bond donors (Lipinski definition) is 3. The van der Waals surface area contributed by atoms with E-state index in [-0.39, 0.29) is 19.1 Å². The van der Waals surface area contributed by atoms with Gasteiger partial charge in [-0.1, -0.05) is 19.3 Å². The number of rotatable bonds is 5. The zero-order valence-corrected chi connectivity index (χ0v) is 15.7. The van der Waals surface area contributed by atoms with Gasteiger partial charge in [0.2, 0.25) is 11.8 Å². The van der Waals surface area contributed by atoms with Crippen molar-refractivity contribution in [2.75, 3.05) is 6.61 Å². The topological polar surface area (TPSA) is 127 Å². The molecule has 4 amide bonds. The molecule has 1 aliphatic carbocycles. The number of urea groups is 1. The molecule has 0 unspecified atom stereocenters. The highest BCUT2D eigenvalue weighted by Gasteiger charge is 2.49. The molecule has 9 nitrogen and oxygen atoms in total. The summed E-state index contributed by atoms with van der Waals surface area (Å²) in [6.07, 6.45) is 4.62. The number of amides is 4. The number of aromatic nitrogens is 2. The number of imide groups is 2. The second kappa shape index (κ2) is 7.67. The fraction of sp³-hybridized carbons (Fsp3) is 0.667. The Morgan fingerprint density at radius 3 is 2.30 bits per heavy atom. The number of aliphatic hydroxyl groups is 1. The number of imidazole rings is 1. The second-order valence-electron chi connectivity index (χ2n) is 7.41. The Labute approximate surface area is 157 Å². The van der Waals surface area contributed by atoms with Crippen molar-refractivity contribution in [1.82, 2.24) is 15.2 Å². The summed E-state index contributed by atoms with van der Waals surface area (Å²) in [6, 6.07) is -0.836. The molecular formula is C18H26N4O5. The van der Waals surface area contributed by atoms with E-state index in [4.69, 9.17) is 0 Å². The van der Waals surface area contributed by atoms with Gasteiger partial charge in [0.15, 0.2) is 0 Å². The molecule has 0 radical (unpaired) electrons. The van der Waals surface area contributed by atoms with Crippen LogP contribution < -0.4 is 15.4 Å². The van der Waals surface area contributed by atoms with E-state index < -0.39 is 29.7 Å². The van der Waals surface area contributed by atoms with Crippen molar-refractivity contribution in [2.24, 2.45) is 11.8 Å². The number of aliphatic hydroxyl groups excluding tert-OH is 1. The lowest BCUT2D eigenvalue weighted by molar-refractivity contribution is -0.623. The van der Waals surface area contributed by atoms with Crippen molar-refractivity contribution < 1.29 is 24.2 Å². The molecule has 0 aromatic carbocycles. The van der Waals surface area contributed by atoms with Gasteiger partial charge in [-0.25, -0.2) is 14.1 Å². The summed E-state index contributed by atoms with van der Waals surface area (Å²) in [4.78, 5) is 36.7. The quantitative estimate of drug-likeness (QED) is 0.388. The molecule has 3 N–H and O–H groups in total. The standard InChI is InChI=1S/C18H26N4O5/c1-10-11(2)22(27)17(21(10)8-9-23)13(12-6-4-3-5-7-12)14-15(24)19-18(26)20-16(14)25/h12-14,23H,3-9H2,1-2H3,(H2,19,20,24,25,26)/t13-/m1/s1. The molecule has 148 valence electrons. The lowest BCUT2D eigenvalue weighted by atomic mass is 9.72. The first kappa shape index (κ1) is 19.3. The largest absolute Gasteiger partial charge is 0.711 e. The molecule has 2 heterocycles. The summed E-state index contributed by atoms with van der Waals surface area (Å²) in [5, 5.41) is 26.8. The Morgan fingerprint density at radius 1 is 1.15 bits per heavy atom. The minimum absolute atomic E-state index is 0.0280. The highest BCUT2D eigenvalue weighted by Crippen LogP contribution is 2.41. The zero-order chi connectivity index (χ0) is 19.7. The van der Waals surface area contributed by atoms with Crippen LogP contribution in [0.15, 0.2) is 0 Å². The van der Waals surface area contributed by atoms with Gasteiger partial charge in [0, 0.05) is 13.8 Å². The number of carbonyl (C=O) groups is 3. The third-order valence-electron chi connectivity index (χ3n) is 5.89. The van der Waals surface area contributed by atoms with Gasteiger partial charge in [0.25, 0.3) is 5.82 Å². The lowest BCUT2D eigenvalue weighted by Gasteiger charge is -2.34. The molecular weight excluding hydrogens is 352 g/mol. The number of hydrogen-bond acceptors (Lipinski definition) is 5. The van der Waals surface area contributed by atoms with Gasteiger partial charge < -0.3 is 10.3 Å². The van der Waals surface area contributed by atoms with Gasteiger partial charge >= 0.3 is 6.03 Å². The Kier molecular flexibility index (Phi) is 5.50. The summed E-state index contributed by atoms with van der Waals surface area (Å²) in [5.74, 6) is -2.87. The molecule has 2 fully saturated rings. The number of barbiturate groups is 1. The smallest absolute Gasteiger partial charge is 0.328 e. The average molecular weight is 378 g/mol. The highest BCUT2D eigenvalue weighted by atomic mass is 16.5. The fourth-order valence-corrected chi connectivity index (χ4v) is 4.47. The molecule has 27 heavy (non-hydrogen) atoms. The monoisotopic (exact) mass is 378 g/mol. The molecule has 1 saturated heterocycles. The molecule has 1 aliphatic heterocycles. The van der Waals surface area contributed by atoms with Gasteiger partial charge in [0.1, 0.15) is 23.9 Å². The van der Waals surface area contributed by atoms with Crippen LogP contribution in [0.5, 0.6) is 0 Å². The highest BCUT2D eigenvalue weighted by molar-refractivity contribution is 6.16. The lowest BCUT2D eigenvalue weighted by Crippen LogP contribution is -2.59. The maximum atomic E-state index is 13.0. The molecule has 0 bridgehead atoms. The van der Waals surface area contributed by atoms with Crippen molar-refractivity contribution in [3.8, 4) is 0 Å². The van der Waals surface area contributed by atoms with Crippen LogP contribution in [-0.4, -0.2) is 34.1 Å². The summed E-state index contributed by atoms with van der Waals surface area (Å²) in [6.45, 7) is 3.50. The average Bonchev–Trinajstić information content (AvgIpc) is 2.83. The van der Waals surface area contributed by atoms with Gasteiger partial charge in [0.05, 0.1) is 12.5 Å². The van der Waals surface area contributed by atoms with Crippen LogP contribution in [0, 0.1) is 30.9 Å². The van der Waals surface area contributed by atoms with Gasteiger partial charge in [-0.3, -0.25) is 20.2 Å². The van der Waals surface area contributed by atoms with Gasteiger partial charge in [-0.2, -0.15) is 0 Å². The van der Waals surface area contributed by atoms with Crippen LogP contribution in [0.3, 0.4) is 0 Å². The van der Waals surface area contributed by atoms with E-state index in [2.05, 4.69) is 10.6 Å². The van der Waals surface area contributed by atoms with E-state index in [9.17, 15) is 24.7 Å². The normalized spacial score (nSPS) is 20.5. The molecule has 1 aromatic heterocycles. The van der Waals surface area contributed by atoms with Crippen LogP contribution in [0.1, 0.15) is 55.2 Å². The van der Waals surface area contributed by atoms with Crippen LogP contribution in [-0.2, 0) is 16.1 Å². The van der Waals surface area contributed by atoms with Crippen molar-refractivity contribution in [3.05, 3.63) is 22.4 Å². The van der Waals surface area contributed by atoms with Crippen LogP contribution in [0.25, 0.3) is 0 Å². The van der Waals surface area contributed by atoms with E-state index in [0.717, 1.165) is 36.8 Å². The van der Waals surface area contributed by atoms with E-state index in [1.165, 1.54) is 0 Å². The van der Waals surface area contributed by atoms with Crippen LogP contribution in [0.2, 0.25) is 0 Å². The molecule has 0 spiro atoms.